The Morgan fingerprint density at radius 3 is 2.60 bits per heavy atom. The number of nitrogens with one attached hydrogen (secondary N) is 2. The molecule has 184 valence electrons. The normalized spacial score (nSPS) is 11.5. The van der Waals surface area contributed by atoms with Gasteiger partial charge in [0.05, 0.1) is 6.04 Å². The van der Waals surface area contributed by atoms with Crippen LogP contribution in [0.15, 0.2) is 66.9 Å². The van der Waals surface area contributed by atoms with Crippen LogP contribution >= 0.6 is 0 Å². The predicted molar refractivity (Wildman–Crippen MR) is 140 cm³/mol. The van der Waals surface area contributed by atoms with E-state index in [1.807, 2.05) is 50.2 Å². The van der Waals surface area contributed by atoms with Crippen LogP contribution < -0.4 is 10.6 Å². The second-order valence-electron chi connectivity index (χ2n) is 8.92. The molecule has 0 fully saturated rings. The van der Waals surface area contributed by atoms with Gasteiger partial charge in [-0.15, -0.1) is 6.58 Å². The number of hydrogen-bond acceptors (Lipinski definition) is 4. The van der Waals surface area contributed by atoms with Crippen molar-refractivity contribution in [1.29, 1.82) is 0 Å². The number of fused-ring (bicyclic) bond motifs is 1. The summed E-state index contributed by atoms with van der Waals surface area (Å²) in [6, 6.07) is 15.1. The second kappa shape index (κ2) is 12.0. The predicted octanol–water partition coefficient (Wildman–Crippen LogP) is 5.97. The summed E-state index contributed by atoms with van der Waals surface area (Å²) < 4.78 is 5.48. The molecule has 0 saturated carbocycles. The van der Waals surface area contributed by atoms with Gasteiger partial charge in [0.25, 0.3) is 0 Å². The van der Waals surface area contributed by atoms with Crippen molar-refractivity contribution in [3.05, 3.63) is 83.6 Å². The van der Waals surface area contributed by atoms with E-state index in [4.69, 9.17) is 4.74 Å². The number of ether oxygens (including phenoxy) is 1. The highest BCUT2D eigenvalue weighted by molar-refractivity contribution is 5.89. The van der Waals surface area contributed by atoms with Gasteiger partial charge in [-0.3, -0.25) is 5.32 Å². The van der Waals surface area contributed by atoms with Crippen LogP contribution in [0.4, 0.5) is 15.4 Å². The fourth-order valence-corrected chi connectivity index (χ4v) is 3.73. The molecule has 0 aliphatic carbocycles. The molecule has 3 amide bonds. The first-order valence-corrected chi connectivity index (χ1v) is 11.7. The third-order valence-corrected chi connectivity index (χ3v) is 6.19. The van der Waals surface area contributed by atoms with E-state index in [0.717, 1.165) is 33.9 Å². The van der Waals surface area contributed by atoms with Crippen LogP contribution in [-0.4, -0.2) is 41.7 Å². The Morgan fingerprint density at radius 1 is 1.11 bits per heavy atom. The lowest BCUT2D eigenvalue weighted by molar-refractivity contribution is 0.114. The zero-order chi connectivity index (χ0) is 25.4. The number of amides is 3. The largest absolute Gasteiger partial charge is 0.447 e. The van der Waals surface area contributed by atoms with Gasteiger partial charge in [-0.1, -0.05) is 48.0 Å². The minimum absolute atomic E-state index is 0.0556. The van der Waals surface area contributed by atoms with E-state index in [-0.39, 0.29) is 18.7 Å². The first-order valence-electron chi connectivity index (χ1n) is 11.7. The number of urea groups is 1. The third-order valence-electron chi connectivity index (χ3n) is 6.19. The molecule has 0 radical (unpaired) electrons. The number of allylic oxidation sites excluding steroid dienone is 1. The topological polar surface area (TPSA) is 83.6 Å². The quantitative estimate of drug-likeness (QED) is 0.375. The molecular formula is C28H34N4O3. The van der Waals surface area contributed by atoms with E-state index in [2.05, 4.69) is 35.2 Å². The number of nitrogens with zero attached hydrogens (tertiary/aromatic N) is 2. The fourth-order valence-electron chi connectivity index (χ4n) is 3.73. The van der Waals surface area contributed by atoms with Crippen molar-refractivity contribution in [2.75, 3.05) is 19.0 Å². The molecule has 0 aliphatic rings. The number of aryl methyl sites for hydroxylation is 1. The summed E-state index contributed by atoms with van der Waals surface area (Å²) in [4.78, 5) is 31.2. The van der Waals surface area contributed by atoms with E-state index < -0.39 is 6.09 Å². The van der Waals surface area contributed by atoms with Crippen molar-refractivity contribution in [3.8, 4) is 0 Å². The second-order valence-corrected chi connectivity index (χ2v) is 8.92. The number of carbonyl (C=O) groups excluding carboxylic acids is 2. The molecule has 2 aromatic carbocycles. The van der Waals surface area contributed by atoms with Gasteiger partial charge in [0.1, 0.15) is 12.4 Å². The molecule has 3 rings (SSSR count). The first-order chi connectivity index (χ1) is 16.7. The summed E-state index contributed by atoms with van der Waals surface area (Å²) in [7, 11) is 1.72. The van der Waals surface area contributed by atoms with Gasteiger partial charge >= 0.3 is 12.1 Å². The molecule has 7 heteroatoms. The first kappa shape index (κ1) is 25.7. The summed E-state index contributed by atoms with van der Waals surface area (Å²) in [6.45, 7) is 10.5. The molecule has 0 bridgehead atoms. The number of pyridine rings is 1. The Hall–Kier alpha value is -3.87. The zero-order valence-electron chi connectivity index (χ0n) is 20.9. The maximum absolute atomic E-state index is 12.9. The van der Waals surface area contributed by atoms with Gasteiger partial charge in [0.15, 0.2) is 0 Å². The van der Waals surface area contributed by atoms with Crippen molar-refractivity contribution in [2.24, 2.45) is 0 Å². The molecule has 3 aromatic rings. The molecule has 1 atom stereocenters. The molecular weight excluding hydrogens is 440 g/mol. The molecule has 7 nitrogen and oxygen atoms in total. The van der Waals surface area contributed by atoms with Crippen LogP contribution in [0.1, 0.15) is 36.5 Å². The number of carbonyl (C=O) groups is 2. The number of hydrogen-bond donors (Lipinski definition) is 2. The number of likely N-dealkylation sites (N-methyl/N-ethyl adjacent to an activating group) is 1. The maximum Gasteiger partial charge on any atom is 0.412 e. The monoisotopic (exact) mass is 474 g/mol. The SMILES string of the molecule is C=C(C)CCC(COC(=O)Nc1cc2ccccc2cn1)N(C)C(=O)NCc1cccc(C)c1C. The standard InChI is InChI=1S/C28H34N4O3/c1-19(2)13-14-25(32(5)27(33)30-16-23-12-8-9-20(3)21(23)4)18-35-28(34)31-26-15-22-10-6-7-11-24(22)17-29-26/h6-12,15,17,25H,1,13-14,16,18H2,2-5H3,(H,30,33)(H,29,31,34). The van der Waals surface area contributed by atoms with E-state index >= 15 is 0 Å². The molecule has 1 aromatic heterocycles. The summed E-state index contributed by atoms with van der Waals surface area (Å²) in [5.74, 6) is 0.409. The minimum Gasteiger partial charge on any atom is -0.447 e. The Morgan fingerprint density at radius 2 is 1.86 bits per heavy atom. The number of benzene rings is 2. The smallest absolute Gasteiger partial charge is 0.412 e. The van der Waals surface area contributed by atoms with E-state index in [1.165, 1.54) is 5.56 Å². The van der Waals surface area contributed by atoms with Gasteiger partial charge in [-0.05, 0) is 61.8 Å². The van der Waals surface area contributed by atoms with E-state index in [1.54, 1.807) is 24.2 Å². The fraction of sp³-hybridized carbons (Fsp3) is 0.321. The molecule has 0 spiro atoms. The highest BCUT2D eigenvalue weighted by Gasteiger charge is 2.22. The lowest BCUT2D eigenvalue weighted by Gasteiger charge is -2.28. The highest BCUT2D eigenvalue weighted by Crippen LogP contribution is 2.17. The molecule has 0 aliphatic heterocycles. The average Bonchev–Trinajstić information content (AvgIpc) is 2.84. The Balaban J connectivity index is 1.58. The Kier molecular flexibility index (Phi) is 8.84. The summed E-state index contributed by atoms with van der Waals surface area (Å²) in [5.41, 5.74) is 4.43. The van der Waals surface area contributed by atoms with Gasteiger partial charge in [0, 0.05) is 25.2 Å². The van der Waals surface area contributed by atoms with Gasteiger partial charge < -0.3 is 15.0 Å². The van der Waals surface area contributed by atoms with Gasteiger partial charge in [-0.2, -0.15) is 0 Å². The summed E-state index contributed by atoms with van der Waals surface area (Å²) >= 11 is 0. The van der Waals surface area contributed by atoms with Crippen LogP contribution in [0.25, 0.3) is 10.8 Å². The Bertz CT molecular complexity index is 1210. The molecule has 0 saturated heterocycles. The van der Waals surface area contributed by atoms with Crippen molar-refractivity contribution in [1.82, 2.24) is 15.2 Å². The lowest BCUT2D eigenvalue weighted by Crippen LogP contribution is -2.46. The summed E-state index contributed by atoms with van der Waals surface area (Å²) in [5, 5.41) is 7.61. The molecule has 1 unspecified atom stereocenters. The van der Waals surface area contributed by atoms with Crippen molar-refractivity contribution < 1.29 is 14.3 Å². The maximum atomic E-state index is 12.9. The lowest BCUT2D eigenvalue weighted by atomic mass is 10.0. The van der Waals surface area contributed by atoms with Crippen molar-refractivity contribution in [3.63, 3.8) is 0 Å². The molecule has 2 N–H and O–H groups in total. The van der Waals surface area contributed by atoms with Crippen molar-refractivity contribution in [2.45, 2.75) is 46.2 Å². The van der Waals surface area contributed by atoms with Crippen LogP contribution in [-0.2, 0) is 11.3 Å². The highest BCUT2D eigenvalue weighted by atomic mass is 16.5. The summed E-state index contributed by atoms with van der Waals surface area (Å²) in [6.07, 6.45) is 2.44. The third kappa shape index (κ3) is 7.30. The molecule has 35 heavy (non-hydrogen) atoms. The Labute approximate surface area is 207 Å². The minimum atomic E-state index is -0.614. The number of aromatic nitrogens is 1. The molecule has 1 heterocycles. The van der Waals surface area contributed by atoms with Crippen LogP contribution in [0.5, 0.6) is 0 Å². The van der Waals surface area contributed by atoms with Crippen LogP contribution in [0.3, 0.4) is 0 Å². The van der Waals surface area contributed by atoms with Crippen LogP contribution in [0.2, 0.25) is 0 Å². The number of rotatable bonds is 9. The van der Waals surface area contributed by atoms with Gasteiger partial charge in [0.2, 0.25) is 0 Å². The van der Waals surface area contributed by atoms with Crippen molar-refractivity contribution >= 4 is 28.7 Å². The average molecular weight is 475 g/mol. The van der Waals surface area contributed by atoms with Crippen LogP contribution in [0, 0.1) is 13.8 Å². The zero-order valence-corrected chi connectivity index (χ0v) is 20.9. The van der Waals surface area contributed by atoms with E-state index in [0.29, 0.717) is 18.8 Å². The number of anilines is 1. The van der Waals surface area contributed by atoms with Gasteiger partial charge in [-0.25, -0.2) is 14.6 Å². The van der Waals surface area contributed by atoms with E-state index in [9.17, 15) is 9.59 Å².